The highest BCUT2D eigenvalue weighted by Crippen LogP contribution is 2.30. The Balaban J connectivity index is 1.36. The van der Waals surface area contributed by atoms with Crippen LogP contribution in [0.2, 0.25) is 0 Å². The van der Waals surface area contributed by atoms with Crippen molar-refractivity contribution >= 4 is 5.69 Å². The largest absolute Gasteiger partial charge is 0.482 e. The lowest BCUT2D eigenvalue weighted by Gasteiger charge is -2.36. The topological polar surface area (TPSA) is 59.7 Å². The lowest BCUT2D eigenvalue weighted by molar-refractivity contribution is -0.153. The van der Waals surface area contributed by atoms with Crippen LogP contribution >= 0.6 is 0 Å². The van der Waals surface area contributed by atoms with Crippen molar-refractivity contribution in [1.82, 2.24) is 14.0 Å². The van der Waals surface area contributed by atoms with Crippen LogP contribution in [0.3, 0.4) is 0 Å². The first-order valence-corrected chi connectivity index (χ1v) is 13.4. The summed E-state index contributed by atoms with van der Waals surface area (Å²) < 4.78 is 46.0. The first-order chi connectivity index (χ1) is 18.7. The van der Waals surface area contributed by atoms with Crippen molar-refractivity contribution < 1.29 is 17.9 Å². The van der Waals surface area contributed by atoms with Crippen LogP contribution in [-0.4, -0.2) is 59.5 Å². The second kappa shape index (κ2) is 13.0. The number of piperazine rings is 1. The molecule has 2 aromatic carbocycles. The van der Waals surface area contributed by atoms with Gasteiger partial charge in [0.15, 0.2) is 6.61 Å². The van der Waals surface area contributed by atoms with E-state index in [9.17, 15) is 22.8 Å². The molecule has 39 heavy (non-hydrogen) atoms. The summed E-state index contributed by atoms with van der Waals surface area (Å²) in [5.74, 6) is 0.224. The molecule has 210 valence electrons. The van der Waals surface area contributed by atoms with Crippen molar-refractivity contribution in [2.75, 3.05) is 44.2 Å². The Morgan fingerprint density at radius 2 is 1.59 bits per heavy atom. The van der Waals surface area contributed by atoms with Crippen molar-refractivity contribution in [2.24, 2.45) is 0 Å². The van der Waals surface area contributed by atoms with Gasteiger partial charge in [-0.2, -0.15) is 13.2 Å². The van der Waals surface area contributed by atoms with E-state index in [-0.39, 0.29) is 17.0 Å². The van der Waals surface area contributed by atoms with Gasteiger partial charge in [-0.1, -0.05) is 55.8 Å². The van der Waals surface area contributed by atoms with Crippen LogP contribution in [0.1, 0.15) is 30.9 Å². The van der Waals surface area contributed by atoms with E-state index in [0.717, 1.165) is 25.1 Å². The van der Waals surface area contributed by atoms with Crippen LogP contribution in [0.4, 0.5) is 18.9 Å². The standard InChI is InChI=1S/C29H35F3N4O3/c1-2-9-24-21-35(20-23-10-4-3-5-11-23)28(38)36(27(24)37)15-8-14-33-16-18-34(19-17-33)25-12-6-7-13-26(25)39-22-29(30,31)32/h3-7,10-13,21H,2,8-9,14-20,22H2,1H3. The molecule has 1 aromatic heterocycles. The lowest BCUT2D eigenvalue weighted by atomic mass is 10.2. The van der Waals surface area contributed by atoms with Gasteiger partial charge >= 0.3 is 11.9 Å². The highest BCUT2D eigenvalue weighted by atomic mass is 19.4. The smallest absolute Gasteiger partial charge is 0.422 e. The third kappa shape index (κ3) is 7.75. The van der Waals surface area contributed by atoms with E-state index in [1.165, 1.54) is 4.57 Å². The lowest BCUT2D eigenvalue weighted by Crippen LogP contribution is -2.47. The zero-order valence-electron chi connectivity index (χ0n) is 22.2. The van der Waals surface area contributed by atoms with Crippen molar-refractivity contribution in [3.05, 3.63) is 92.8 Å². The molecule has 0 saturated carbocycles. The van der Waals surface area contributed by atoms with Crippen LogP contribution in [-0.2, 0) is 19.5 Å². The molecule has 1 aliphatic heterocycles. The second-order valence-corrected chi connectivity index (χ2v) is 9.81. The van der Waals surface area contributed by atoms with Gasteiger partial charge in [-0.05, 0) is 37.1 Å². The van der Waals surface area contributed by atoms with E-state index in [1.807, 2.05) is 42.2 Å². The van der Waals surface area contributed by atoms with Crippen LogP contribution in [0.25, 0.3) is 0 Å². The van der Waals surface area contributed by atoms with E-state index < -0.39 is 12.8 Å². The third-order valence-electron chi connectivity index (χ3n) is 6.85. The highest BCUT2D eigenvalue weighted by Gasteiger charge is 2.29. The molecule has 0 atom stereocenters. The molecule has 1 saturated heterocycles. The minimum atomic E-state index is -4.39. The molecule has 0 aliphatic carbocycles. The number of nitrogens with zero attached hydrogens (tertiary/aromatic N) is 4. The quantitative estimate of drug-likeness (QED) is 0.363. The van der Waals surface area contributed by atoms with Gasteiger partial charge < -0.3 is 9.64 Å². The molecule has 3 aromatic rings. The number of para-hydroxylation sites is 2. The fourth-order valence-corrected chi connectivity index (χ4v) is 4.91. The SMILES string of the molecule is CCCc1cn(Cc2ccccc2)c(=O)n(CCCN2CCN(c3ccccc3OCC(F)(F)F)CC2)c1=O. The Labute approximate surface area is 226 Å². The first-order valence-electron chi connectivity index (χ1n) is 13.4. The maximum Gasteiger partial charge on any atom is 0.422 e. The van der Waals surface area contributed by atoms with Crippen molar-refractivity contribution in [1.29, 1.82) is 0 Å². The summed E-state index contributed by atoms with van der Waals surface area (Å²) in [4.78, 5) is 30.5. The van der Waals surface area contributed by atoms with Gasteiger partial charge in [0.25, 0.3) is 5.56 Å². The van der Waals surface area contributed by atoms with Gasteiger partial charge in [0.2, 0.25) is 0 Å². The van der Waals surface area contributed by atoms with Crippen LogP contribution < -0.4 is 20.9 Å². The van der Waals surface area contributed by atoms with Crippen molar-refractivity contribution in [3.63, 3.8) is 0 Å². The Hall–Kier alpha value is -3.53. The van der Waals surface area contributed by atoms with E-state index in [4.69, 9.17) is 4.74 Å². The van der Waals surface area contributed by atoms with Gasteiger partial charge in [-0.25, -0.2) is 4.79 Å². The maximum atomic E-state index is 13.2. The van der Waals surface area contributed by atoms with E-state index >= 15 is 0 Å². The van der Waals surface area contributed by atoms with Crippen LogP contribution in [0, 0.1) is 0 Å². The monoisotopic (exact) mass is 544 g/mol. The zero-order valence-corrected chi connectivity index (χ0v) is 22.2. The zero-order chi connectivity index (χ0) is 27.8. The van der Waals surface area contributed by atoms with E-state index in [2.05, 4.69) is 4.90 Å². The number of hydrogen-bond donors (Lipinski definition) is 0. The second-order valence-electron chi connectivity index (χ2n) is 9.81. The van der Waals surface area contributed by atoms with Gasteiger partial charge in [-0.15, -0.1) is 0 Å². The van der Waals surface area contributed by atoms with E-state index in [0.29, 0.717) is 56.8 Å². The minimum Gasteiger partial charge on any atom is -0.482 e. The predicted octanol–water partition coefficient (Wildman–Crippen LogP) is 4.16. The Bertz CT molecular complexity index is 1330. The molecule has 0 bridgehead atoms. The Morgan fingerprint density at radius 3 is 2.28 bits per heavy atom. The number of benzene rings is 2. The summed E-state index contributed by atoms with van der Waals surface area (Å²) in [7, 11) is 0. The molecule has 0 unspecified atom stereocenters. The summed E-state index contributed by atoms with van der Waals surface area (Å²) in [6, 6.07) is 16.5. The molecule has 0 amide bonds. The molecule has 1 aliphatic rings. The molecule has 0 N–H and O–H groups in total. The molecule has 0 radical (unpaired) electrons. The maximum absolute atomic E-state index is 13.2. The van der Waals surface area contributed by atoms with Gasteiger partial charge in [0, 0.05) is 44.5 Å². The van der Waals surface area contributed by atoms with Gasteiger partial charge in [-0.3, -0.25) is 18.8 Å². The Kier molecular flexibility index (Phi) is 9.50. The molecule has 10 heteroatoms. The summed E-state index contributed by atoms with van der Waals surface area (Å²) in [6.45, 7) is 4.86. The molecule has 4 rings (SSSR count). The number of rotatable bonds is 11. The predicted molar refractivity (Wildman–Crippen MR) is 146 cm³/mol. The number of hydrogen-bond acceptors (Lipinski definition) is 5. The number of ether oxygens (including phenoxy) is 1. The fraction of sp³-hybridized carbons (Fsp3) is 0.448. The average Bonchev–Trinajstić information content (AvgIpc) is 2.93. The minimum absolute atomic E-state index is 0.216. The van der Waals surface area contributed by atoms with Crippen molar-refractivity contribution in [2.45, 2.75) is 45.5 Å². The molecule has 7 nitrogen and oxygen atoms in total. The fourth-order valence-electron chi connectivity index (χ4n) is 4.91. The summed E-state index contributed by atoms with van der Waals surface area (Å²) >= 11 is 0. The number of halogens is 3. The third-order valence-corrected chi connectivity index (χ3v) is 6.85. The average molecular weight is 545 g/mol. The number of anilines is 1. The van der Waals surface area contributed by atoms with Crippen molar-refractivity contribution in [3.8, 4) is 5.75 Å². The highest BCUT2D eigenvalue weighted by molar-refractivity contribution is 5.58. The molecular formula is C29H35F3N4O3. The summed E-state index contributed by atoms with van der Waals surface area (Å²) in [6.07, 6.45) is -0.624. The molecular weight excluding hydrogens is 509 g/mol. The number of aryl methyl sites for hydroxylation is 1. The molecule has 1 fully saturated rings. The van der Waals surface area contributed by atoms with Crippen LogP contribution in [0.15, 0.2) is 70.4 Å². The van der Waals surface area contributed by atoms with E-state index in [1.54, 1.807) is 35.0 Å². The molecule has 2 heterocycles. The number of alkyl halides is 3. The van der Waals surface area contributed by atoms with Gasteiger partial charge in [0.1, 0.15) is 5.75 Å². The first kappa shape index (κ1) is 28.5. The number of aromatic nitrogens is 2. The Morgan fingerprint density at radius 1 is 0.897 bits per heavy atom. The van der Waals surface area contributed by atoms with Crippen LogP contribution in [0.5, 0.6) is 5.75 Å². The van der Waals surface area contributed by atoms with Gasteiger partial charge in [0.05, 0.1) is 12.2 Å². The molecule has 0 spiro atoms. The summed E-state index contributed by atoms with van der Waals surface area (Å²) in [5.41, 5.74) is 1.78. The normalized spacial score (nSPS) is 14.5. The summed E-state index contributed by atoms with van der Waals surface area (Å²) in [5, 5.41) is 0.